The van der Waals surface area contributed by atoms with Crippen LogP contribution in [-0.2, 0) is 16.2 Å². The highest BCUT2D eigenvalue weighted by atomic mass is 32.1. The lowest BCUT2D eigenvalue weighted by Gasteiger charge is -2.08. The molecule has 0 amide bonds. The lowest BCUT2D eigenvalue weighted by atomic mass is 9.99. The maximum absolute atomic E-state index is 13.0. The zero-order chi connectivity index (χ0) is 26.1. The van der Waals surface area contributed by atoms with Gasteiger partial charge in [-0.3, -0.25) is 14.9 Å². The second kappa shape index (κ2) is 9.79. The van der Waals surface area contributed by atoms with E-state index >= 15 is 0 Å². The molecule has 0 atom stereocenters. The molecule has 0 bridgehead atoms. The zero-order valence-electron chi connectivity index (χ0n) is 20.0. The number of hydrogen-bond donors (Lipinski definition) is 0. The Labute approximate surface area is 215 Å². The summed E-state index contributed by atoms with van der Waals surface area (Å²) in [6, 6.07) is 21.0. The van der Waals surface area contributed by atoms with Gasteiger partial charge in [0.1, 0.15) is 5.71 Å². The van der Waals surface area contributed by atoms with E-state index < -0.39 is 10.9 Å². The number of fused-ring (bicyclic) bond motifs is 3. The second-order valence-electron chi connectivity index (χ2n) is 8.34. The highest BCUT2D eigenvalue weighted by Crippen LogP contribution is 2.32. The first kappa shape index (κ1) is 24.1. The molecule has 0 saturated carbocycles. The van der Waals surface area contributed by atoms with Gasteiger partial charge in [-0.05, 0) is 48.7 Å². The van der Waals surface area contributed by atoms with Crippen molar-refractivity contribution in [2.45, 2.75) is 20.4 Å². The van der Waals surface area contributed by atoms with Gasteiger partial charge in [0.05, 0.1) is 9.80 Å². The van der Waals surface area contributed by atoms with Crippen molar-refractivity contribution in [3.05, 3.63) is 110 Å². The average molecular weight is 512 g/mol. The molecule has 0 saturated heterocycles. The number of rotatable bonds is 7. The fraction of sp³-hybridized carbons (Fsp3) is 0.107. The molecular formula is C28H21N3O5S. The Bertz CT molecular complexity index is 1720. The molecular weight excluding hydrogens is 490 g/mol. The lowest BCUT2D eigenvalue weighted by Crippen LogP contribution is -2.07. The van der Waals surface area contributed by atoms with Crippen molar-refractivity contribution in [2.75, 3.05) is 0 Å². The van der Waals surface area contributed by atoms with Crippen LogP contribution in [0.3, 0.4) is 0 Å². The molecule has 0 radical (unpaired) electrons. The number of hydrogen-bond acceptors (Lipinski definition) is 7. The van der Waals surface area contributed by atoms with Gasteiger partial charge in [0.25, 0.3) is 5.69 Å². The first-order chi connectivity index (χ1) is 17.9. The molecule has 0 aliphatic carbocycles. The van der Waals surface area contributed by atoms with Gasteiger partial charge in [0.2, 0.25) is 5.78 Å². The molecule has 8 nitrogen and oxygen atoms in total. The molecule has 0 fully saturated rings. The minimum atomic E-state index is -0.608. The first-order valence-corrected chi connectivity index (χ1v) is 12.4. The van der Waals surface area contributed by atoms with E-state index in [2.05, 4.69) is 9.72 Å². The maximum Gasteiger partial charge on any atom is 0.332 e. The number of oxime groups is 1. The molecule has 5 aromatic rings. The average Bonchev–Trinajstić information content (AvgIpc) is 3.54. The van der Waals surface area contributed by atoms with Crippen molar-refractivity contribution >= 4 is 56.3 Å². The zero-order valence-corrected chi connectivity index (χ0v) is 20.8. The van der Waals surface area contributed by atoms with E-state index in [1.54, 1.807) is 18.2 Å². The molecule has 37 heavy (non-hydrogen) atoms. The van der Waals surface area contributed by atoms with Crippen LogP contribution in [0.4, 0.5) is 5.69 Å². The number of carbonyl (C=O) groups is 2. The molecule has 0 spiro atoms. The molecule has 5 rings (SSSR count). The summed E-state index contributed by atoms with van der Waals surface area (Å²) < 4.78 is 2.16. The van der Waals surface area contributed by atoms with Gasteiger partial charge >= 0.3 is 5.97 Å². The Morgan fingerprint density at radius 3 is 2.24 bits per heavy atom. The summed E-state index contributed by atoms with van der Waals surface area (Å²) in [7, 11) is 0. The van der Waals surface area contributed by atoms with Gasteiger partial charge in [-0.15, -0.1) is 11.3 Å². The molecule has 2 aromatic heterocycles. The molecule has 0 unspecified atom stereocenters. The van der Waals surface area contributed by atoms with Gasteiger partial charge in [0, 0.05) is 64.1 Å². The smallest absolute Gasteiger partial charge is 0.332 e. The lowest BCUT2D eigenvalue weighted by molar-refractivity contribution is -0.384. The summed E-state index contributed by atoms with van der Waals surface area (Å²) in [4.78, 5) is 41.1. The normalized spacial score (nSPS) is 11.7. The van der Waals surface area contributed by atoms with Crippen molar-refractivity contribution in [3.8, 4) is 0 Å². The SMILES string of the molecule is CCn1c2ccc(C(=O)c3cccs3)cc2c2cc(/C(=N/OC(C)=O)c3cccc([N+](=O)[O-])c3)ccc21. The Hall–Kier alpha value is -4.63. The Morgan fingerprint density at radius 2 is 1.62 bits per heavy atom. The predicted octanol–water partition coefficient (Wildman–Crippen LogP) is 6.33. The predicted molar refractivity (Wildman–Crippen MR) is 143 cm³/mol. The van der Waals surface area contributed by atoms with E-state index in [9.17, 15) is 19.7 Å². The van der Waals surface area contributed by atoms with E-state index in [0.717, 1.165) is 28.4 Å². The molecule has 184 valence electrons. The number of non-ortho nitro benzene ring substituents is 1. The fourth-order valence-electron chi connectivity index (χ4n) is 4.43. The molecule has 0 aliphatic rings. The van der Waals surface area contributed by atoms with E-state index in [1.807, 2.05) is 54.8 Å². The number of carbonyl (C=O) groups excluding carboxylic acids is 2. The van der Waals surface area contributed by atoms with Crippen molar-refractivity contribution in [1.29, 1.82) is 0 Å². The number of ketones is 1. The van der Waals surface area contributed by atoms with Gasteiger partial charge in [-0.25, -0.2) is 4.79 Å². The summed E-state index contributed by atoms with van der Waals surface area (Å²) in [5, 5.41) is 19.1. The van der Waals surface area contributed by atoms with Gasteiger partial charge in [-0.1, -0.05) is 29.4 Å². The molecule has 9 heteroatoms. The highest BCUT2D eigenvalue weighted by Gasteiger charge is 2.18. The molecule has 2 heterocycles. The van der Waals surface area contributed by atoms with Crippen LogP contribution in [0.25, 0.3) is 21.8 Å². The summed E-state index contributed by atoms with van der Waals surface area (Å²) in [5.41, 5.74) is 3.75. The Morgan fingerprint density at radius 1 is 0.946 bits per heavy atom. The second-order valence-corrected chi connectivity index (χ2v) is 9.29. The van der Waals surface area contributed by atoms with Crippen LogP contribution in [0.2, 0.25) is 0 Å². The van der Waals surface area contributed by atoms with Gasteiger partial charge < -0.3 is 9.40 Å². The molecule has 0 N–H and O–H groups in total. The van der Waals surface area contributed by atoms with Crippen LogP contribution in [0.15, 0.2) is 83.3 Å². The van der Waals surface area contributed by atoms with Crippen LogP contribution in [0, 0.1) is 10.1 Å². The maximum atomic E-state index is 13.0. The van der Waals surface area contributed by atoms with Crippen molar-refractivity contribution in [1.82, 2.24) is 4.57 Å². The Balaban J connectivity index is 1.71. The number of benzene rings is 3. The quantitative estimate of drug-likeness (QED) is 0.0835. The van der Waals surface area contributed by atoms with Crippen LogP contribution in [-0.4, -0.2) is 27.0 Å². The summed E-state index contributed by atoms with van der Waals surface area (Å²) >= 11 is 1.40. The summed E-state index contributed by atoms with van der Waals surface area (Å²) in [6.45, 7) is 4.00. The number of aryl methyl sites for hydroxylation is 1. The number of nitro benzene ring substituents is 1. The largest absolute Gasteiger partial charge is 0.341 e. The monoisotopic (exact) mass is 511 g/mol. The third-order valence-electron chi connectivity index (χ3n) is 6.06. The minimum Gasteiger partial charge on any atom is -0.341 e. The van der Waals surface area contributed by atoms with E-state index in [4.69, 9.17) is 4.84 Å². The van der Waals surface area contributed by atoms with Crippen LogP contribution >= 0.6 is 11.3 Å². The topological polar surface area (TPSA) is 104 Å². The minimum absolute atomic E-state index is 0.0424. The number of thiophene rings is 1. The number of aromatic nitrogens is 1. The van der Waals surface area contributed by atoms with Crippen LogP contribution < -0.4 is 0 Å². The van der Waals surface area contributed by atoms with Gasteiger partial charge in [0.15, 0.2) is 0 Å². The summed E-state index contributed by atoms with van der Waals surface area (Å²) in [5.74, 6) is -0.650. The molecule has 0 aliphatic heterocycles. The van der Waals surface area contributed by atoms with Crippen LogP contribution in [0.1, 0.15) is 40.2 Å². The van der Waals surface area contributed by atoms with E-state index in [-0.39, 0.29) is 17.2 Å². The third-order valence-corrected chi connectivity index (χ3v) is 6.93. The standard InChI is InChI=1S/C28H21N3O5S/c1-3-30-24-11-9-19(27(29-36-17(2)32)18-6-4-7-21(14-18)31(34)35)15-22(24)23-16-20(10-12-25(23)30)28(33)26-8-5-13-37-26/h4-16H,3H2,1-2H3/b29-27+. The first-order valence-electron chi connectivity index (χ1n) is 11.5. The van der Waals surface area contributed by atoms with Crippen LogP contribution in [0.5, 0.6) is 0 Å². The van der Waals surface area contributed by atoms with Crippen molar-refractivity contribution < 1.29 is 19.3 Å². The number of nitrogens with zero attached hydrogens (tertiary/aromatic N) is 3. The fourth-order valence-corrected chi connectivity index (χ4v) is 5.12. The van der Waals surface area contributed by atoms with Gasteiger partial charge in [-0.2, -0.15) is 0 Å². The van der Waals surface area contributed by atoms with E-state index in [0.29, 0.717) is 21.6 Å². The molecule has 3 aromatic carbocycles. The Kier molecular flexibility index (Phi) is 6.37. The number of nitro groups is 1. The van der Waals surface area contributed by atoms with Crippen molar-refractivity contribution in [2.24, 2.45) is 5.16 Å². The van der Waals surface area contributed by atoms with Crippen molar-refractivity contribution in [3.63, 3.8) is 0 Å². The highest BCUT2D eigenvalue weighted by molar-refractivity contribution is 7.12. The third kappa shape index (κ3) is 4.52. The van der Waals surface area contributed by atoms with E-state index in [1.165, 1.54) is 30.4 Å². The summed E-state index contributed by atoms with van der Waals surface area (Å²) in [6.07, 6.45) is 0.